The monoisotopic (exact) mass is 505 g/mol. The maximum atomic E-state index is 15.3. The Hall–Kier alpha value is -2.39. The van der Waals surface area contributed by atoms with Crippen LogP contribution in [0.3, 0.4) is 0 Å². The summed E-state index contributed by atoms with van der Waals surface area (Å²) in [5.74, 6) is -0.669. The number of pyridine rings is 2. The van der Waals surface area contributed by atoms with Gasteiger partial charge in [-0.25, -0.2) is 13.0 Å². The van der Waals surface area contributed by atoms with Gasteiger partial charge in [-0.15, -0.1) is 0 Å². The Morgan fingerprint density at radius 2 is 2.03 bits per heavy atom. The van der Waals surface area contributed by atoms with Crippen molar-refractivity contribution in [3.8, 4) is 0 Å². The van der Waals surface area contributed by atoms with Crippen LogP contribution in [-0.4, -0.2) is 42.3 Å². The average Bonchev–Trinajstić information content (AvgIpc) is 2.97. The number of Topliss-reactive ketones (excluding diaryl/α,β-unsaturated/α-hetero) is 1. The topological polar surface area (TPSA) is 111 Å². The summed E-state index contributed by atoms with van der Waals surface area (Å²) < 4.78 is 33.3. The van der Waals surface area contributed by atoms with Crippen molar-refractivity contribution < 1.29 is 13.4 Å². The van der Waals surface area contributed by atoms with Crippen LogP contribution in [0.1, 0.15) is 67.5 Å². The van der Waals surface area contributed by atoms with Crippen molar-refractivity contribution in [2.45, 2.75) is 68.9 Å². The van der Waals surface area contributed by atoms with E-state index in [1.807, 2.05) is 0 Å². The fourth-order valence-electron chi connectivity index (χ4n) is 4.83. The van der Waals surface area contributed by atoms with E-state index >= 15 is 4.39 Å². The van der Waals surface area contributed by atoms with Crippen LogP contribution >= 0.6 is 11.6 Å². The van der Waals surface area contributed by atoms with Crippen molar-refractivity contribution in [2.24, 2.45) is 15.1 Å². The highest BCUT2D eigenvalue weighted by Crippen LogP contribution is 2.46. The van der Waals surface area contributed by atoms with E-state index in [9.17, 15) is 9.00 Å². The highest BCUT2D eigenvalue weighted by molar-refractivity contribution is 7.96. The maximum absolute atomic E-state index is 15.3. The molecule has 0 fully saturated rings. The van der Waals surface area contributed by atoms with Crippen molar-refractivity contribution in [3.63, 3.8) is 0 Å². The summed E-state index contributed by atoms with van der Waals surface area (Å²) >= 11 is 5.95. The Balaban J connectivity index is 1.80. The zero-order chi connectivity index (χ0) is 24.9. The second-order valence-corrected chi connectivity index (χ2v) is 13.0. The lowest BCUT2D eigenvalue weighted by molar-refractivity contribution is 0.0986. The number of nitrogens with two attached hydrogens (primary N) is 1. The van der Waals surface area contributed by atoms with Crippen LogP contribution in [0.4, 0.5) is 4.39 Å². The van der Waals surface area contributed by atoms with E-state index in [2.05, 4.69) is 14.3 Å². The summed E-state index contributed by atoms with van der Waals surface area (Å²) in [6.07, 6.45) is 3.51. The number of nitrogens with zero attached hydrogens (tertiary/aromatic N) is 4. The molecule has 34 heavy (non-hydrogen) atoms. The first kappa shape index (κ1) is 24.7. The Morgan fingerprint density at radius 1 is 1.29 bits per heavy atom. The minimum absolute atomic E-state index is 0.0341. The Kier molecular flexibility index (Phi) is 6.31. The lowest BCUT2D eigenvalue weighted by atomic mass is 9.88. The van der Waals surface area contributed by atoms with Crippen LogP contribution in [0.25, 0.3) is 0 Å². The standard InChI is InChI=1S/C24H29ClFN5O2S/c1-14-11-15(25)13-28-20(14)18(32)12-16-8-9-17(26)21(30-16)24(4)19-7-5-6-10-29-34(19,33)23(2,3)22(27)31-24/h8-9,11,13,19H,5-7,10,12H2,1-4H3,(H2,27,31)/t19-,24-,34+/m0/s1. The third-order valence-corrected chi connectivity index (χ3v) is 10.8. The molecule has 0 radical (unpaired) electrons. The molecule has 2 N–H and O–H groups in total. The molecule has 182 valence electrons. The third kappa shape index (κ3) is 3.92. The van der Waals surface area contributed by atoms with E-state index in [4.69, 9.17) is 22.3 Å². The molecule has 10 heteroatoms. The largest absolute Gasteiger partial charge is 0.386 e. The predicted octanol–water partition coefficient (Wildman–Crippen LogP) is 4.39. The molecule has 0 aromatic carbocycles. The van der Waals surface area contributed by atoms with Crippen molar-refractivity contribution in [2.75, 3.05) is 6.54 Å². The molecule has 0 aliphatic carbocycles. The summed E-state index contributed by atoms with van der Waals surface area (Å²) in [6, 6.07) is 4.42. The molecule has 4 rings (SSSR count). The fourth-order valence-corrected chi connectivity index (χ4v) is 8.27. The summed E-state index contributed by atoms with van der Waals surface area (Å²) in [5.41, 5.74) is 6.40. The van der Waals surface area contributed by atoms with Gasteiger partial charge in [-0.2, -0.15) is 0 Å². The molecule has 7 nitrogen and oxygen atoms in total. The molecule has 2 aromatic heterocycles. The Labute approximate surface area is 204 Å². The Morgan fingerprint density at radius 3 is 2.74 bits per heavy atom. The number of carbonyl (C=O) groups excluding carboxylic acids is 1. The van der Waals surface area contributed by atoms with Crippen LogP contribution in [0.15, 0.2) is 33.8 Å². The molecule has 4 heterocycles. The smallest absolute Gasteiger partial charge is 0.187 e. The normalized spacial score (nSPS) is 28.3. The predicted molar refractivity (Wildman–Crippen MR) is 132 cm³/mol. The Bertz CT molecular complexity index is 1320. The quantitative estimate of drug-likeness (QED) is 0.619. The molecule has 0 spiro atoms. The molecule has 0 amide bonds. The van der Waals surface area contributed by atoms with Gasteiger partial charge in [0.1, 0.15) is 33.3 Å². The molecular formula is C24H29ClFN5O2S. The van der Waals surface area contributed by atoms with Gasteiger partial charge in [-0.05, 0) is 64.3 Å². The van der Waals surface area contributed by atoms with Crippen LogP contribution in [-0.2, 0) is 21.7 Å². The summed E-state index contributed by atoms with van der Waals surface area (Å²) in [5, 5.41) is -0.116. The zero-order valence-electron chi connectivity index (χ0n) is 19.8. The van der Waals surface area contributed by atoms with Gasteiger partial charge in [-0.1, -0.05) is 18.0 Å². The lowest BCUT2D eigenvalue weighted by Crippen LogP contribution is -2.59. The zero-order valence-corrected chi connectivity index (χ0v) is 21.3. The molecule has 2 aliphatic heterocycles. The number of amidine groups is 1. The number of aryl methyl sites for hydroxylation is 1. The van der Waals surface area contributed by atoms with Gasteiger partial charge in [0.15, 0.2) is 5.78 Å². The van der Waals surface area contributed by atoms with E-state index in [1.165, 1.54) is 18.3 Å². The molecule has 0 bridgehead atoms. The number of hydrogen-bond acceptors (Lipinski definition) is 7. The minimum Gasteiger partial charge on any atom is -0.386 e. The molecule has 0 unspecified atom stereocenters. The number of aromatic nitrogens is 2. The number of ketones is 1. The molecule has 2 aliphatic rings. The second kappa shape index (κ2) is 8.68. The van der Waals surface area contributed by atoms with Gasteiger partial charge in [0.25, 0.3) is 0 Å². The molecule has 0 saturated heterocycles. The molecule has 2 aromatic rings. The van der Waals surface area contributed by atoms with Crippen LogP contribution in [0.5, 0.6) is 0 Å². The first-order valence-corrected chi connectivity index (χ1v) is 13.2. The first-order chi connectivity index (χ1) is 15.9. The molecular weight excluding hydrogens is 477 g/mol. The van der Waals surface area contributed by atoms with Crippen LogP contribution in [0.2, 0.25) is 5.02 Å². The maximum Gasteiger partial charge on any atom is 0.187 e. The van der Waals surface area contributed by atoms with Crippen LogP contribution in [0, 0.1) is 12.7 Å². The summed E-state index contributed by atoms with van der Waals surface area (Å²) in [6.45, 7) is 7.53. The summed E-state index contributed by atoms with van der Waals surface area (Å²) in [7, 11) is -2.88. The number of halogens is 2. The minimum atomic E-state index is -2.88. The van der Waals surface area contributed by atoms with Crippen molar-refractivity contribution in [3.05, 3.63) is 57.9 Å². The van der Waals surface area contributed by atoms with Crippen molar-refractivity contribution in [1.29, 1.82) is 0 Å². The van der Waals surface area contributed by atoms with E-state index in [0.717, 1.165) is 12.8 Å². The number of aliphatic imine (C=N–C) groups is 1. The van der Waals surface area contributed by atoms with Gasteiger partial charge < -0.3 is 5.73 Å². The van der Waals surface area contributed by atoms with E-state index in [0.29, 0.717) is 29.2 Å². The number of fused-ring (bicyclic) bond motifs is 1. The van der Waals surface area contributed by atoms with Gasteiger partial charge >= 0.3 is 0 Å². The van der Waals surface area contributed by atoms with Gasteiger partial charge in [-0.3, -0.25) is 19.8 Å². The number of rotatable bonds is 4. The summed E-state index contributed by atoms with van der Waals surface area (Å²) in [4.78, 5) is 26.3. The van der Waals surface area contributed by atoms with Gasteiger partial charge in [0.2, 0.25) is 0 Å². The average molecular weight is 506 g/mol. The van der Waals surface area contributed by atoms with E-state index in [1.54, 1.807) is 33.8 Å². The first-order valence-electron chi connectivity index (χ1n) is 11.3. The van der Waals surface area contributed by atoms with Crippen LogP contribution < -0.4 is 5.73 Å². The second-order valence-electron chi connectivity index (χ2n) is 9.61. The van der Waals surface area contributed by atoms with Gasteiger partial charge in [0.05, 0.1) is 26.4 Å². The highest BCUT2D eigenvalue weighted by Gasteiger charge is 2.56. The van der Waals surface area contributed by atoms with Gasteiger partial charge in [0, 0.05) is 18.4 Å². The third-order valence-electron chi connectivity index (χ3n) is 6.90. The number of hydrogen-bond donors (Lipinski definition) is 1. The van der Waals surface area contributed by atoms with E-state index in [-0.39, 0.29) is 29.4 Å². The molecule has 0 saturated carbocycles. The fraction of sp³-hybridized carbons (Fsp3) is 0.500. The van der Waals surface area contributed by atoms with E-state index < -0.39 is 31.1 Å². The highest BCUT2D eigenvalue weighted by atomic mass is 35.5. The molecule has 3 atom stereocenters. The van der Waals surface area contributed by atoms with Crippen molar-refractivity contribution in [1.82, 2.24) is 9.97 Å². The number of carbonyl (C=O) groups is 1. The lowest BCUT2D eigenvalue weighted by Gasteiger charge is -2.46. The van der Waals surface area contributed by atoms with Crippen molar-refractivity contribution >= 4 is 32.9 Å². The SMILES string of the molecule is Cc1cc(Cl)cnc1C(=O)Cc1ccc(F)c([C@@]2(C)N=C(N)C(C)(C)[S@@]3(=O)=NCCCC[C@@H]23)n1.